The van der Waals surface area contributed by atoms with Crippen LogP contribution in [0.15, 0.2) is 40.9 Å². The second-order valence-corrected chi connectivity index (χ2v) is 6.32. The van der Waals surface area contributed by atoms with Crippen molar-refractivity contribution in [2.75, 3.05) is 19.5 Å². The minimum absolute atomic E-state index is 0.287. The van der Waals surface area contributed by atoms with E-state index in [4.69, 9.17) is 21.1 Å². The van der Waals surface area contributed by atoms with Gasteiger partial charge in [0.2, 0.25) is 0 Å². The van der Waals surface area contributed by atoms with Crippen LogP contribution in [0.3, 0.4) is 0 Å². The van der Waals surface area contributed by atoms with Crippen LogP contribution >= 0.6 is 27.5 Å². The van der Waals surface area contributed by atoms with E-state index in [1.807, 2.05) is 18.2 Å². The van der Waals surface area contributed by atoms with Gasteiger partial charge in [-0.15, -0.1) is 0 Å². The van der Waals surface area contributed by atoms with Gasteiger partial charge in [-0.05, 0) is 30.3 Å². The normalized spacial score (nSPS) is 10.7. The van der Waals surface area contributed by atoms with Crippen molar-refractivity contribution in [1.29, 1.82) is 0 Å². The first kappa shape index (κ1) is 16.7. The molecule has 7 heteroatoms. The summed E-state index contributed by atoms with van der Waals surface area (Å²) >= 11 is 9.75. The van der Waals surface area contributed by atoms with Gasteiger partial charge in [0.05, 0.1) is 24.9 Å². The molecule has 0 unspecified atom stereocenters. The Labute approximate surface area is 152 Å². The van der Waals surface area contributed by atoms with Gasteiger partial charge < -0.3 is 19.8 Å². The number of halogens is 2. The van der Waals surface area contributed by atoms with Crippen LogP contribution in [0.2, 0.25) is 5.02 Å². The fourth-order valence-electron chi connectivity index (χ4n) is 2.38. The van der Waals surface area contributed by atoms with Crippen molar-refractivity contribution in [2.45, 2.75) is 0 Å². The average molecular weight is 410 g/mol. The largest absolute Gasteiger partial charge is 0.497 e. The van der Waals surface area contributed by atoms with E-state index in [9.17, 15) is 4.79 Å². The predicted molar refractivity (Wildman–Crippen MR) is 98.5 cm³/mol. The Kier molecular flexibility index (Phi) is 4.69. The lowest BCUT2D eigenvalue weighted by Crippen LogP contribution is -2.13. The molecule has 0 saturated carbocycles. The summed E-state index contributed by atoms with van der Waals surface area (Å²) < 4.78 is 11.3. The number of carbonyl (C=O) groups is 1. The monoisotopic (exact) mass is 408 g/mol. The Hall–Kier alpha value is -2.18. The first-order valence-electron chi connectivity index (χ1n) is 7.03. The summed E-state index contributed by atoms with van der Waals surface area (Å²) in [5.41, 5.74) is 1.57. The van der Waals surface area contributed by atoms with Crippen LogP contribution in [0, 0.1) is 0 Å². The number of amides is 1. The number of aromatic nitrogens is 1. The number of hydrogen-bond donors (Lipinski definition) is 2. The number of nitrogens with one attached hydrogen (secondary N) is 2. The number of benzene rings is 2. The highest BCUT2D eigenvalue weighted by atomic mass is 79.9. The molecule has 3 aromatic rings. The molecular weight excluding hydrogens is 396 g/mol. The first-order chi connectivity index (χ1) is 11.5. The molecule has 0 aliphatic heterocycles. The Bertz CT molecular complexity index is 924. The highest BCUT2D eigenvalue weighted by molar-refractivity contribution is 9.10. The SMILES string of the molecule is COc1ccc(OC)c(NC(=O)c2[nH]c3ccc(Br)cc3c2Cl)c1. The van der Waals surface area contributed by atoms with Crippen molar-refractivity contribution in [3.8, 4) is 11.5 Å². The van der Waals surface area contributed by atoms with Gasteiger partial charge in [0.25, 0.3) is 5.91 Å². The number of fused-ring (bicyclic) bond motifs is 1. The van der Waals surface area contributed by atoms with Gasteiger partial charge in [-0.25, -0.2) is 0 Å². The third-order valence-corrected chi connectivity index (χ3v) is 4.46. The summed E-state index contributed by atoms with van der Waals surface area (Å²) in [4.78, 5) is 15.7. The lowest BCUT2D eigenvalue weighted by atomic mass is 10.2. The maximum atomic E-state index is 12.6. The lowest BCUT2D eigenvalue weighted by molar-refractivity contribution is 0.102. The van der Waals surface area contributed by atoms with Crippen LogP contribution in [0.25, 0.3) is 10.9 Å². The van der Waals surface area contributed by atoms with E-state index in [1.165, 1.54) is 7.11 Å². The number of ether oxygens (including phenoxy) is 2. The summed E-state index contributed by atoms with van der Waals surface area (Å²) in [5, 5.41) is 3.94. The highest BCUT2D eigenvalue weighted by Crippen LogP contribution is 2.32. The Morgan fingerprint density at radius 2 is 1.96 bits per heavy atom. The fourth-order valence-corrected chi connectivity index (χ4v) is 3.03. The molecule has 0 fully saturated rings. The van der Waals surface area contributed by atoms with Crippen LogP contribution in [0.4, 0.5) is 5.69 Å². The zero-order valence-electron chi connectivity index (χ0n) is 12.9. The Morgan fingerprint density at radius 1 is 1.17 bits per heavy atom. The van der Waals surface area contributed by atoms with Gasteiger partial charge in [-0.3, -0.25) is 4.79 Å². The van der Waals surface area contributed by atoms with Crippen molar-refractivity contribution >= 4 is 50.0 Å². The molecule has 1 amide bonds. The minimum Gasteiger partial charge on any atom is -0.497 e. The van der Waals surface area contributed by atoms with E-state index >= 15 is 0 Å². The molecule has 0 aliphatic carbocycles. The molecule has 1 heterocycles. The maximum Gasteiger partial charge on any atom is 0.273 e. The van der Waals surface area contributed by atoms with Crippen molar-refractivity contribution in [3.05, 3.63) is 51.6 Å². The second-order valence-electron chi connectivity index (χ2n) is 5.02. The maximum absolute atomic E-state index is 12.6. The van der Waals surface area contributed by atoms with E-state index in [1.54, 1.807) is 25.3 Å². The minimum atomic E-state index is -0.362. The number of carbonyl (C=O) groups excluding carboxylic acids is 1. The third-order valence-electron chi connectivity index (χ3n) is 3.58. The topological polar surface area (TPSA) is 63.4 Å². The quantitative estimate of drug-likeness (QED) is 0.647. The molecule has 2 aromatic carbocycles. The van der Waals surface area contributed by atoms with Gasteiger partial charge >= 0.3 is 0 Å². The predicted octanol–water partition coefficient (Wildman–Crippen LogP) is 4.85. The number of methoxy groups -OCH3 is 2. The molecular formula is C17H14BrClN2O3. The molecule has 2 N–H and O–H groups in total. The van der Waals surface area contributed by atoms with E-state index < -0.39 is 0 Å². The molecule has 0 bridgehead atoms. The molecule has 24 heavy (non-hydrogen) atoms. The summed E-state index contributed by atoms with van der Waals surface area (Å²) in [6.07, 6.45) is 0. The number of aromatic amines is 1. The number of H-pyrrole nitrogens is 1. The molecule has 0 aliphatic rings. The summed E-state index contributed by atoms with van der Waals surface area (Å²) in [6, 6.07) is 10.7. The van der Waals surface area contributed by atoms with Gasteiger partial charge in [-0.1, -0.05) is 27.5 Å². The molecule has 0 atom stereocenters. The summed E-state index contributed by atoms with van der Waals surface area (Å²) in [5.74, 6) is 0.774. The average Bonchev–Trinajstić information content (AvgIpc) is 2.91. The van der Waals surface area contributed by atoms with Crippen molar-refractivity contribution in [3.63, 3.8) is 0 Å². The lowest BCUT2D eigenvalue weighted by Gasteiger charge is -2.11. The summed E-state index contributed by atoms with van der Waals surface area (Å²) in [6.45, 7) is 0. The van der Waals surface area contributed by atoms with Gasteiger partial charge in [-0.2, -0.15) is 0 Å². The molecule has 3 rings (SSSR count). The fraction of sp³-hybridized carbons (Fsp3) is 0.118. The number of hydrogen-bond acceptors (Lipinski definition) is 3. The smallest absolute Gasteiger partial charge is 0.273 e. The van der Waals surface area contributed by atoms with Crippen molar-refractivity contribution in [1.82, 2.24) is 4.98 Å². The first-order valence-corrected chi connectivity index (χ1v) is 8.20. The standard InChI is InChI=1S/C17H14BrClN2O3/c1-23-10-4-6-14(24-2)13(8-10)21-17(22)16-15(19)11-7-9(18)3-5-12(11)20-16/h3-8,20H,1-2H3,(H,21,22). The van der Waals surface area contributed by atoms with Crippen molar-refractivity contribution < 1.29 is 14.3 Å². The molecule has 0 saturated heterocycles. The number of rotatable bonds is 4. The summed E-state index contributed by atoms with van der Waals surface area (Å²) in [7, 11) is 3.09. The van der Waals surface area contributed by atoms with Crippen LogP contribution in [-0.2, 0) is 0 Å². The zero-order valence-corrected chi connectivity index (χ0v) is 15.3. The Morgan fingerprint density at radius 3 is 2.67 bits per heavy atom. The highest BCUT2D eigenvalue weighted by Gasteiger charge is 2.18. The van der Waals surface area contributed by atoms with Crippen LogP contribution in [-0.4, -0.2) is 25.1 Å². The van der Waals surface area contributed by atoms with Crippen LogP contribution < -0.4 is 14.8 Å². The van der Waals surface area contributed by atoms with Crippen molar-refractivity contribution in [2.24, 2.45) is 0 Å². The molecule has 1 aromatic heterocycles. The van der Waals surface area contributed by atoms with Crippen LogP contribution in [0.1, 0.15) is 10.5 Å². The van der Waals surface area contributed by atoms with Gasteiger partial charge in [0.15, 0.2) is 0 Å². The third kappa shape index (κ3) is 3.07. The van der Waals surface area contributed by atoms with E-state index in [0.29, 0.717) is 22.2 Å². The Balaban J connectivity index is 1.97. The zero-order chi connectivity index (χ0) is 17.3. The van der Waals surface area contributed by atoms with E-state index in [0.717, 1.165) is 15.4 Å². The van der Waals surface area contributed by atoms with Gasteiger partial charge in [0.1, 0.15) is 17.2 Å². The van der Waals surface area contributed by atoms with Crippen LogP contribution in [0.5, 0.6) is 11.5 Å². The molecule has 124 valence electrons. The van der Waals surface area contributed by atoms with E-state index in [2.05, 4.69) is 26.2 Å². The second kappa shape index (κ2) is 6.75. The van der Waals surface area contributed by atoms with E-state index in [-0.39, 0.29) is 11.6 Å². The molecule has 0 spiro atoms. The molecule has 0 radical (unpaired) electrons. The van der Waals surface area contributed by atoms with Gasteiger partial charge in [0, 0.05) is 21.4 Å². The number of anilines is 1. The molecule has 5 nitrogen and oxygen atoms in total.